The Kier molecular flexibility index (Phi) is 7.74. The lowest BCUT2D eigenvalue weighted by molar-refractivity contribution is -0.119. The number of nitrogens with zero attached hydrogens (tertiary/aromatic N) is 2. The van der Waals surface area contributed by atoms with Gasteiger partial charge in [-0.3, -0.25) is 19.1 Å². The number of ether oxygens (including phenoxy) is 3. The molecular formula is C25H35N3O6. The van der Waals surface area contributed by atoms with E-state index in [4.69, 9.17) is 19.9 Å². The number of aromatic nitrogens is 1. The van der Waals surface area contributed by atoms with Crippen molar-refractivity contribution in [3.63, 3.8) is 0 Å². The molecule has 1 aromatic carbocycles. The third kappa shape index (κ3) is 6.21. The van der Waals surface area contributed by atoms with Crippen molar-refractivity contribution in [3.05, 3.63) is 28.6 Å². The zero-order valence-electron chi connectivity index (χ0n) is 20.7. The highest BCUT2D eigenvalue weighted by atomic mass is 16.6. The summed E-state index contributed by atoms with van der Waals surface area (Å²) in [5, 5.41) is 0.945. The maximum atomic E-state index is 13.6. The first-order valence-electron chi connectivity index (χ1n) is 11.7. The van der Waals surface area contributed by atoms with E-state index in [1.54, 1.807) is 50.6 Å². The second-order valence-electron chi connectivity index (χ2n) is 9.72. The average Bonchev–Trinajstić information content (AvgIpc) is 3.57. The molecule has 1 saturated carbocycles. The molecule has 186 valence electrons. The van der Waals surface area contributed by atoms with Crippen LogP contribution in [0.15, 0.2) is 23.0 Å². The lowest BCUT2D eigenvalue weighted by Crippen LogP contribution is -2.38. The van der Waals surface area contributed by atoms with Crippen LogP contribution in [-0.4, -0.2) is 42.4 Å². The molecule has 1 heterocycles. The fourth-order valence-electron chi connectivity index (χ4n) is 3.57. The van der Waals surface area contributed by atoms with Gasteiger partial charge < -0.3 is 19.9 Å². The molecule has 2 amide bonds. The van der Waals surface area contributed by atoms with E-state index in [0.29, 0.717) is 47.2 Å². The first kappa shape index (κ1) is 25.4. The van der Waals surface area contributed by atoms with Crippen molar-refractivity contribution >= 4 is 28.6 Å². The Bertz CT molecular complexity index is 1110. The molecule has 0 bridgehead atoms. The number of hydrogen-bond acceptors (Lipinski definition) is 6. The van der Waals surface area contributed by atoms with E-state index in [1.165, 1.54) is 4.90 Å². The van der Waals surface area contributed by atoms with Gasteiger partial charge in [0.1, 0.15) is 11.4 Å². The molecule has 0 spiro atoms. The van der Waals surface area contributed by atoms with Crippen molar-refractivity contribution in [2.75, 3.05) is 25.2 Å². The van der Waals surface area contributed by atoms with Crippen molar-refractivity contribution in [2.24, 2.45) is 11.7 Å². The van der Waals surface area contributed by atoms with Gasteiger partial charge in [0.25, 0.3) is 11.5 Å². The maximum absolute atomic E-state index is 13.6. The molecule has 2 aromatic rings. The molecule has 0 aliphatic heterocycles. The number of nitrogens with two attached hydrogens (primary N) is 1. The highest BCUT2D eigenvalue weighted by molar-refractivity contribution is 5.97. The summed E-state index contributed by atoms with van der Waals surface area (Å²) in [6.45, 7) is 8.03. The normalized spacial score (nSPS) is 13.6. The highest BCUT2D eigenvalue weighted by Crippen LogP contribution is 2.39. The van der Waals surface area contributed by atoms with Crippen LogP contribution in [0.25, 0.3) is 10.8 Å². The minimum absolute atomic E-state index is 0.225. The van der Waals surface area contributed by atoms with E-state index in [1.807, 2.05) is 0 Å². The molecule has 34 heavy (non-hydrogen) atoms. The second-order valence-corrected chi connectivity index (χ2v) is 9.72. The van der Waals surface area contributed by atoms with Crippen LogP contribution in [0.4, 0.5) is 10.6 Å². The predicted octanol–water partition coefficient (Wildman–Crippen LogP) is 3.83. The molecule has 1 aliphatic rings. The van der Waals surface area contributed by atoms with Crippen LogP contribution in [0.3, 0.4) is 0 Å². The minimum atomic E-state index is -0.706. The van der Waals surface area contributed by atoms with Crippen LogP contribution in [0.1, 0.15) is 53.4 Å². The quantitative estimate of drug-likeness (QED) is 0.525. The lowest BCUT2D eigenvalue weighted by Gasteiger charge is -2.28. The van der Waals surface area contributed by atoms with E-state index in [-0.39, 0.29) is 12.2 Å². The van der Waals surface area contributed by atoms with Crippen LogP contribution in [0.2, 0.25) is 0 Å². The molecule has 3 rings (SSSR count). The summed E-state index contributed by atoms with van der Waals surface area (Å²) < 4.78 is 18.9. The molecule has 0 saturated heterocycles. The Labute approximate surface area is 199 Å². The van der Waals surface area contributed by atoms with Gasteiger partial charge in [-0.2, -0.15) is 0 Å². The van der Waals surface area contributed by atoms with Gasteiger partial charge in [-0.15, -0.1) is 0 Å². The van der Waals surface area contributed by atoms with Crippen molar-refractivity contribution in [2.45, 2.75) is 65.5 Å². The lowest BCUT2D eigenvalue weighted by atomic mass is 10.1. The SMILES string of the molecule is CCCCOc1c(N(C)C(=O)OC(C)(C)C)n(CC2CC2)c(=O)c2ccc(OCC(N)=O)cc12. The van der Waals surface area contributed by atoms with Crippen LogP contribution < -0.4 is 25.7 Å². The second kappa shape index (κ2) is 10.4. The number of carbonyl (C=O) groups excluding carboxylic acids is 2. The van der Waals surface area contributed by atoms with Gasteiger partial charge in [0, 0.05) is 19.0 Å². The average molecular weight is 474 g/mol. The van der Waals surface area contributed by atoms with E-state index in [9.17, 15) is 14.4 Å². The summed E-state index contributed by atoms with van der Waals surface area (Å²) in [6.07, 6.45) is 3.20. The maximum Gasteiger partial charge on any atom is 0.415 e. The summed E-state index contributed by atoms with van der Waals surface area (Å²) in [7, 11) is 1.58. The summed E-state index contributed by atoms with van der Waals surface area (Å²) in [4.78, 5) is 39.2. The van der Waals surface area contributed by atoms with Crippen LogP contribution >= 0.6 is 0 Å². The number of hydrogen-bond donors (Lipinski definition) is 1. The van der Waals surface area contributed by atoms with E-state index >= 15 is 0 Å². The molecule has 0 radical (unpaired) electrons. The van der Waals surface area contributed by atoms with Crippen LogP contribution in [0.5, 0.6) is 11.5 Å². The fourth-order valence-corrected chi connectivity index (χ4v) is 3.57. The number of rotatable bonds is 10. The number of pyridine rings is 1. The Hall–Kier alpha value is -3.23. The molecular weight excluding hydrogens is 438 g/mol. The zero-order chi connectivity index (χ0) is 25.0. The largest absolute Gasteiger partial charge is 0.489 e. The minimum Gasteiger partial charge on any atom is -0.489 e. The fraction of sp³-hybridized carbons (Fsp3) is 0.560. The van der Waals surface area contributed by atoms with Gasteiger partial charge >= 0.3 is 6.09 Å². The molecule has 9 nitrogen and oxygen atoms in total. The Morgan fingerprint density at radius 1 is 1.18 bits per heavy atom. The van der Waals surface area contributed by atoms with Crippen molar-refractivity contribution in [3.8, 4) is 11.5 Å². The van der Waals surface area contributed by atoms with Crippen molar-refractivity contribution in [1.29, 1.82) is 0 Å². The van der Waals surface area contributed by atoms with Gasteiger partial charge in [-0.05, 0) is 64.2 Å². The van der Waals surface area contributed by atoms with E-state index in [0.717, 1.165) is 25.7 Å². The summed E-state index contributed by atoms with van der Waals surface area (Å²) in [6, 6.07) is 4.93. The first-order valence-corrected chi connectivity index (χ1v) is 11.7. The molecule has 2 N–H and O–H groups in total. The van der Waals surface area contributed by atoms with Crippen molar-refractivity contribution < 1.29 is 23.8 Å². The molecule has 0 atom stereocenters. The van der Waals surface area contributed by atoms with Gasteiger partial charge in [0.15, 0.2) is 18.2 Å². The van der Waals surface area contributed by atoms with Crippen LogP contribution in [0, 0.1) is 5.92 Å². The predicted molar refractivity (Wildman–Crippen MR) is 131 cm³/mol. The standard InChI is InChI=1S/C25H35N3O6/c1-6-7-12-32-21-19-13-17(33-15-20(26)29)10-11-18(19)23(30)28(14-16-8-9-16)22(21)27(5)24(31)34-25(2,3)4/h10-11,13,16H,6-9,12,14-15H2,1-5H3,(H2,26,29). The number of carbonyl (C=O) groups is 2. The third-order valence-corrected chi connectivity index (χ3v) is 5.42. The Morgan fingerprint density at radius 3 is 2.47 bits per heavy atom. The number of fused-ring (bicyclic) bond motifs is 1. The van der Waals surface area contributed by atoms with Gasteiger partial charge in [0.2, 0.25) is 0 Å². The number of unbranched alkanes of at least 4 members (excludes halogenated alkanes) is 1. The molecule has 1 fully saturated rings. The van der Waals surface area contributed by atoms with Gasteiger partial charge in [0.05, 0.1) is 12.0 Å². The summed E-state index contributed by atoms with van der Waals surface area (Å²) in [5.41, 5.74) is 4.28. The molecule has 1 aromatic heterocycles. The Balaban J connectivity index is 2.21. The molecule has 1 aliphatic carbocycles. The first-order chi connectivity index (χ1) is 16.0. The highest BCUT2D eigenvalue weighted by Gasteiger charge is 2.31. The van der Waals surface area contributed by atoms with Gasteiger partial charge in [-0.25, -0.2) is 4.79 Å². The number of primary amides is 1. The summed E-state index contributed by atoms with van der Waals surface area (Å²) >= 11 is 0. The van der Waals surface area contributed by atoms with E-state index < -0.39 is 17.6 Å². The third-order valence-electron chi connectivity index (χ3n) is 5.42. The van der Waals surface area contributed by atoms with E-state index in [2.05, 4.69) is 6.92 Å². The monoisotopic (exact) mass is 473 g/mol. The van der Waals surface area contributed by atoms with Gasteiger partial charge in [-0.1, -0.05) is 13.3 Å². The number of benzene rings is 1. The number of amides is 2. The molecule has 0 unspecified atom stereocenters. The number of anilines is 1. The van der Waals surface area contributed by atoms with Crippen LogP contribution in [-0.2, 0) is 16.1 Å². The zero-order valence-corrected chi connectivity index (χ0v) is 20.7. The topological polar surface area (TPSA) is 113 Å². The molecule has 9 heteroatoms. The van der Waals surface area contributed by atoms with Crippen molar-refractivity contribution in [1.82, 2.24) is 4.57 Å². The summed E-state index contributed by atoms with van der Waals surface area (Å²) in [5.74, 6) is 0.896. The smallest absolute Gasteiger partial charge is 0.415 e. The Morgan fingerprint density at radius 2 is 1.88 bits per heavy atom.